The minimum Gasteiger partial charge on any atom is -0.261 e. The maximum absolute atomic E-state index is 4.51. The molecule has 3 aromatic rings. The molecule has 2 heterocycles. The summed E-state index contributed by atoms with van der Waals surface area (Å²) in [6, 6.07) is 19.6. The first kappa shape index (κ1) is 13.9. The zero-order valence-corrected chi connectivity index (χ0v) is 12.3. The third-order valence-electron chi connectivity index (χ3n) is 3.15. The lowest BCUT2D eigenvalue weighted by Crippen LogP contribution is -2.08. The fourth-order valence-electron chi connectivity index (χ4n) is 2.02. The molecule has 0 aliphatic heterocycles. The lowest BCUT2D eigenvalue weighted by molar-refractivity contribution is 1.19. The average molecular weight is 288 g/mol. The predicted octanol–water partition coefficient (Wildman–Crippen LogP) is 3.65. The van der Waals surface area contributed by atoms with Crippen molar-refractivity contribution in [2.45, 2.75) is 6.92 Å². The van der Waals surface area contributed by atoms with Crippen LogP contribution in [0.1, 0.15) is 16.8 Å². The molecule has 0 aliphatic carbocycles. The summed E-state index contributed by atoms with van der Waals surface area (Å²) < 4.78 is 0. The molecular weight excluding hydrogens is 272 g/mol. The number of pyridine rings is 2. The summed E-state index contributed by atoms with van der Waals surface area (Å²) in [6.45, 7) is 2.00. The molecule has 0 saturated heterocycles. The fraction of sp³-hybridized carbons (Fsp3) is 0.0556. The third kappa shape index (κ3) is 3.35. The zero-order chi connectivity index (χ0) is 15.2. The van der Waals surface area contributed by atoms with E-state index in [0.29, 0.717) is 5.82 Å². The minimum atomic E-state index is 0.704. The van der Waals surface area contributed by atoms with Crippen LogP contribution in [0.2, 0.25) is 0 Å². The van der Waals surface area contributed by atoms with Crippen molar-refractivity contribution < 1.29 is 0 Å². The number of hydrogen-bond donors (Lipinski definition) is 1. The highest BCUT2D eigenvalue weighted by Crippen LogP contribution is 2.10. The Morgan fingerprint density at radius 1 is 0.909 bits per heavy atom. The molecule has 0 unspecified atom stereocenters. The number of hydrogen-bond acceptors (Lipinski definition) is 4. The lowest BCUT2D eigenvalue weighted by Gasteiger charge is -2.07. The van der Waals surface area contributed by atoms with Gasteiger partial charge >= 0.3 is 0 Å². The Kier molecular flexibility index (Phi) is 4.20. The van der Waals surface area contributed by atoms with E-state index < -0.39 is 0 Å². The van der Waals surface area contributed by atoms with Crippen molar-refractivity contribution in [3.05, 3.63) is 89.9 Å². The van der Waals surface area contributed by atoms with Gasteiger partial charge < -0.3 is 0 Å². The first-order valence-electron chi connectivity index (χ1n) is 7.06. The SMILES string of the molecule is Cc1ccc(N/N=C(\c2ccccc2)c2ccccn2)nc1. The van der Waals surface area contributed by atoms with Crippen molar-refractivity contribution in [2.75, 3.05) is 5.43 Å². The molecule has 0 atom stereocenters. The molecule has 3 rings (SSSR count). The Hall–Kier alpha value is -3.01. The maximum Gasteiger partial charge on any atom is 0.146 e. The normalized spacial score (nSPS) is 11.2. The summed E-state index contributed by atoms with van der Waals surface area (Å²) in [5.74, 6) is 0.704. The number of aromatic nitrogens is 2. The molecule has 0 aliphatic rings. The Morgan fingerprint density at radius 2 is 1.73 bits per heavy atom. The van der Waals surface area contributed by atoms with Gasteiger partial charge in [0.2, 0.25) is 0 Å². The lowest BCUT2D eigenvalue weighted by atomic mass is 10.1. The van der Waals surface area contributed by atoms with Gasteiger partial charge in [0.25, 0.3) is 0 Å². The average Bonchev–Trinajstić information content (AvgIpc) is 2.59. The topological polar surface area (TPSA) is 50.2 Å². The standard InChI is InChI=1S/C18H16N4/c1-14-10-11-17(20-13-14)21-22-18(15-7-3-2-4-8-15)16-9-5-6-12-19-16/h2-13H,1H3,(H,20,21)/b22-18+. The molecule has 0 saturated carbocycles. The monoisotopic (exact) mass is 288 g/mol. The van der Waals surface area contributed by atoms with Crippen LogP contribution >= 0.6 is 0 Å². The minimum absolute atomic E-state index is 0.704. The molecule has 22 heavy (non-hydrogen) atoms. The van der Waals surface area contributed by atoms with E-state index in [4.69, 9.17) is 0 Å². The molecule has 4 heteroatoms. The number of hydrazone groups is 1. The van der Waals surface area contributed by atoms with Crippen molar-refractivity contribution in [3.63, 3.8) is 0 Å². The van der Waals surface area contributed by atoms with Gasteiger partial charge in [-0.25, -0.2) is 4.98 Å². The van der Waals surface area contributed by atoms with Crippen LogP contribution in [-0.2, 0) is 0 Å². The van der Waals surface area contributed by atoms with Gasteiger partial charge in [-0.05, 0) is 30.7 Å². The number of nitrogens with one attached hydrogen (secondary N) is 1. The summed E-state index contributed by atoms with van der Waals surface area (Å²) in [7, 11) is 0. The molecule has 0 amide bonds. The molecule has 1 N–H and O–H groups in total. The van der Waals surface area contributed by atoms with E-state index in [1.807, 2.05) is 67.6 Å². The highest BCUT2D eigenvalue weighted by molar-refractivity contribution is 6.11. The summed E-state index contributed by atoms with van der Waals surface area (Å²) in [6.07, 6.45) is 3.57. The molecule has 4 nitrogen and oxygen atoms in total. The Labute approximate surface area is 129 Å². The first-order chi connectivity index (χ1) is 10.8. The van der Waals surface area contributed by atoms with Gasteiger partial charge in [-0.1, -0.05) is 42.5 Å². The van der Waals surface area contributed by atoms with E-state index >= 15 is 0 Å². The van der Waals surface area contributed by atoms with Crippen LogP contribution in [-0.4, -0.2) is 15.7 Å². The van der Waals surface area contributed by atoms with Crippen LogP contribution in [0.5, 0.6) is 0 Å². The molecule has 108 valence electrons. The van der Waals surface area contributed by atoms with Crippen LogP contribution in [0.15, 0.2) is 78.2 Å². The molecule has 0 radical (unpaired) electrons. The van der Waals surface area contributed by atoms with E-state index in [1.54, 1.807) is 12.4 Å². The van der Waals surface area contributed by atoms with E-state index in [1.165, 1.54) is 0 Å². The molecule has 1 aromatic carbocycles. The second kappa shape index (κ2) is 6.63. The van der Waals surface area contributed by atoms with E-state index in [2.05, 4.69) is 20.5 Å². The van der Waals surface area contributed by atoms with Crippen LogP contribution in [0.25, 0.3) is 0 Å². The summed E-state index contributed by atoms with van der Waals surface area (Å²) in [4.78, 5) is 8.69. The number of nitrogens with zero attached hydrogens (tertiary/aromatic N) is 3. The third-order valence-corrected chi connectivity index (χ3v) is 3.15. The second-order valence-corrected chi connectivity index (χ2v) is 4.87. The number of benzene rings is 1. The van der Waals surface area contributed by atoms with Crippen molar-refractivity contribution in [1.29, 1.82) is 0 Å². The van der Waals surface area contributed by atoms with Gasteiger partial charge in [0.15, 0.2) is 0 Å². The van der Waals surface area contributed by atoms with Gasteiger partial charge in [0.05, 0.1) is 5.69 Å². The Morgan fingerprint density at radius 3 is 2.41 bits per heavy atom. The molecule has 0 spiro atoms. The van der Waals surface area contributed by atoms with Crippen LogP contribution in [0.3, 0.4) is 0 Å². The number of aryl methyl sites for hydroxylation is 1. The predicted molar refractivity (Wildman–Crippen MR) is 88.9 cm³/mol. The quantitative estimate of drug-likeness (QED) is 0.589. The highest BCUT2D eigenvalue weighted by atomic mass is 15.3. The highest BCUT2D eigenvalue weighted by Gasteiger charge is 2.07. The van der Waals surface area contributed by atoms with E-state index in [9.17, 15) is 0 Å². The molecular formula is C18H16N4. The molecule has 0 bridgehead atoms. The van der Waals surface area contributed by atoms with Gasteiger partial charge in [-0.2, -0.15) is 5.10 Å². The Balaban J connectivity index is 1.95. The molecule has 0 fully saturated rings. The van der Waals surface area contributed by atoms with Crippen LogP contribution in [0, 0.1) is 6.92 Å². The number of anilines is 1. The van der Waals surface area contributed by atoms with Gasteiger partial charge in [-0.15, -0.1) is 0 Å². The van der Waals surface area contributed by atoms with Gasteiger partial charge in [0, 0.05) is 18.0 Å². The maximum atomic E-state index is 4.51. The van der Waals surface area contributed by atoms with Crippen molar-refractivity contribution in [3.8, 4) is 0 Å². The van der Waals surface area contributed by atoms with Gasteiger partial charge in [0.1, 0.15) is 11.5 Å². The number of rotatable bonds is 4. The van der Waals surface area contributed by atoms with Gasteiger partial charge in [-0.3, -0.25) is 10.4 Å². The second-order valence-electron chi connectivity index (χ2n) is 4.87. The largest absolute Gasteiger partial charge is 0.261 e. The summed E-state index contributed by atoms with van der Waals surface area (Å²) in [5.41, 5.74) is 6.71. The summed E-state index contributed by atoms with van der Waals surface area (Å²) in [5, 5.41) is 4.51. The Bertz CT molecular complexity index is 709. The van der Waals surface area contributed by atoms with E-state index in [0.717, 1.165) is 22.5 Å². The smallest absolute Gasteiger partial charge is 0.146 e. The molecule has 2 aromatic heterocycles. The van der Waals surface area contributed by atoms with Crippen molar-refractivity contribution in [2.24, 2.45) is 5.10 Å². The summed E-state index contributed by atoms with van der Waals surface area (Å²) >= 11 is 0. The fourth-order valence-corrected chi connectivity index (χ4v) is 2.02. The van der Waals surface area contributed by atoms with Crippen molar-refractivity contribution >= 4 is 11.5 Å². The van der Waals surface area contributed by atoms with Crippen LogP contribution in [0.4, 0.5) is 5.82 Å². The first-order valence-corrected chi connectivity index (χ1v) is 7.06. The van der Waals surface area contributed by atoms with E-state index in [-0.39, 0.29) is 0 Å². The van der Waals surface area contributed by atoms with Crippen LogP contribution < -0.4 is 5.43 Å². The van der Waals surface area contributed by atoms with Crippen molar-refractivity contribution in [1.82, 2.24) is 9.97 Å². The zero-order valence-electron chi connectivity index (χ0n) is 12.3.